The molecule has 2 aliphatic rings. The number of rotatable bonds is 5. The van der Waals surface area contributed by atoms with E-state index >= 15 is 0 Å². The highest BCUT2D eigenvalue weighted by molar-refractivity contribution is 7.89. The summed E-state index contributed by atoms with van der Waals surface area (Å²) >= 11 is 0. The van der Waals surface area contributed by atoms with Gasteiger partial charge in [-0.2, -0.15) is 18.4 Å². The number of nitrogens with zero attached hydrogens (tertiary/aromatic N) is 1. The summed E-state index contributed by atoms with van der Waals surface area (Å²) in [6, 6.07) is 13.6. The smallest absolute Gasteiger partial charge is 0.351 e. The van der Waals surface area contributed by atoms with Crippen LogP contribution in [0.25, 0.3) is 0 Å². The number of ether oxygens (including phenoxy) is 2. The molecule has 146 valence electrons. The quantitative estimate of drug-likeness (QED) is 0.614. The SMILES string of the molecule is CCOC(=O)C12CC1/C(=N\NS(=O)(=O)c1ccc(C)cc1)c1ccccc1O2. The van der Waals surface area contributed by atoms with Gasteiger partial charge in [0.05, 0.1) is 23.1 Å². The average Bonchev–Trinajstić information content (AvgIpc) is 3.41. The maximum absolute atomic E-state index is 12.6. The van der Waals surface area contributed by atoms with Gasteiger partial charge < -0.3 is 9.47 Å². The molecular weight excluding hydrogens is 380 g/mol. The van der Waals surface area contributed by atoms with Gasteiger partial charge in [0, 0.05) is 12.0 Å². The molecule has 7 nitrogen and oxygen atoms in total. The average molecular weight is 400 g/mol. The van der Waals surface area contributed by atoms with Crippen molar-refractivity contribution in [3.05, 3.63) is 59.7 Å². The first-order chi connectivity index (χ1) is 13.4. The Morgan fingerprint density at radius 3 is 2.68 bits per heavy atom. The molecular formula is C20H20N2O5S. The second-order valence-corrected chi connectivity index (χ2v) is 8.53. The Morgan fingerprint density at radius 1 is 1.25 bits per heavy atom. The van der Waals surface area contributed by atoms with Crippen molar-refractivity contribution in [3.8, 4) is 5.75 Å². The second kappa shape index (κ2) is 6.63. The first-order valence-electron chi connectivity index (χ1n) is 8.99. The Kier molecular flexibility index (Phi) is 4.38. The molecule has 8 heteroatoms. The van der Waals surface area contributed by atoms with E-state index in [-0.39, 0.29) is 17.4 Å². The molecule has 0 amide bonds. The molecule has 0 bridgehead atoms. The van der Waals surface area contributed by atoms with E-state index in [0.29, 0.717) is 23.4 Å². The summed E-state index contributed by atoms with van der Waals surface area (Å²) in [6.45, 7) is 3.85. The lowest BCUT2D eigenvalue weighted by Gasteiger charge is -2.25. The molecule has 1 heterocycles. The highest BCUT2D eigenvalue weighted by atomic mass is 32.2. The van der Waals surface area contributed by atoms with Gasteiger partial charge in [-0.1, -0.05) is 29.8 Å². The van der Waals surface area contributed by atoms with Gasteiger partial charge in [-0.25, -0.2) is 4.79 Å². The summed E-state index contributed by atoms with van der Waals surface area (Å²) in [5.74, 6) is -0.330. The third-order valence-corrected chi connectivity index (χ3v) is 6.16. The van der Waals surface area contributed by atoms with Gasteiger partial charge in [0.1, 0.15) is 5.75 Å². The Hall–Kier alpha value is -2.87. The van der Waals surface area contributed by atoms with Crippen molar-refractivity contribution in [2.24, 2.45) is 11.0 Å². The number of nitrogens with one attached hydrogen (secondary N) is 1. The monoisotopic (exact) mass is 400 g/mol. The number of hydrogen-bond acceptors (Lipinski definition) is 6. The maximum Gasteiger partial charge on any atom is 0.351 e. The standard InChI is InChI=1S/C20H20N2O5S/c1-3-26-19(23)20-12-16(20)18(15-6-4-5-7-17(15)27-20)21-22-28(24,25)14-10-8-13(2)9-11-14/h4-11,16,22H,3,12H2,1-2H3/b21-18-. The van der Waals surface area contributed by atoms with Crippen molar-refractivity contribution in [2.75, 3.05) is 6.61 Å². The van der Waals surface area contributed by atoms with E-state index in [0.717, 1.165) is 5.56 Å². The zero-order valence-corrected chi connectivity index (χ0v) is 16.3. The number of carbonyl (C=O) groups excluding carboxylic acids is 1. The van der Waals surface area contributed by atoms with Gasteiger partial charge >= 0.3 is 5.97 Å². The first kappa shape index (κ1) is 18.5. The molecule has 1 aliphatic carbocycles. The number of esters is 1. The van der Waals surface area contributed by atoms with Crippen LogP contribution in [0.3, 0.4) is 0 Å². The molecule has 0 radical (unpaired) electrons. The molecule has 1 saturated carbocycles. The fourth-order valence-electron chi connectivity index (χ4n) is 3.36. The van der Waals surface area contributed by atoms with Crippen LogP contribution in [0.5, 0.6) is 5.75 Å². The van der Waals surface area contributed by atoms with E-state index in [9.17, 15) is 13.2 Å². The van der Waals surface area contributed by atoms with Crippen LogP contribution in [0.15, 0.2) is 58.5 Å². The second-order valence-electron chi connectivity index (χ2n) is 6.87. The molecule has 2 atom stereocenters. The third kappa shape index (κ3) is 3.03. The summed E-state index contributed by atoms with van der Waals surface area (Å²) in [5, 5.41) is 4.20. The minimum absolute atomic E-state index is 0.121. The molecule has 2 aromatic carbocycles. The van der Waals surface area contributed by atoms with Crippen LogP contribution < -0.4 is 9.57 Å². The molecule has 2 unspecified atom stereocenters. The van der Waals surface area contributed by atoms with E-state index in [1.54, 1.807) is 37.3 Å². The van der Waals surface area contributed by atoms with Gasteiger partial charge in [-0.3, -0.25) is 0 Å². The van der Waals surface area contributed by atoms with Crippen LogP contribution >= 0.6 is 0 Å². The molecule has 2 aromatic rings. The fraction of sp³-hybridized carbons (Fsp3) is 0.300. The summed E-state index contributed by atoms with van der Waals surface area (Å²) in [6.07, 6.45) is 0.394. The summed E-state index contributed by atoms with van der Waals surface area (Å²) in [5.41, 5.74) is 0.973. The lowest BCUT2D eigenvalue weighted by Crippen LogP contribution is -2.39. The highest BCUT2D eigenvalue weighted by Gasteiger charge is 2.69. The predicted octanol–water partition coefficient (Wildman–Crippen LogP) is 2.39. The van der Waals surface area contributed by atoms with Crippen LogP contribution in [0, 0.1) is 12.8 Å². The normalized spacial score (nSPS) is 23.9. The van der Waals surface area contributed by atoms with Gasteiger partial charge in [0.25, 0.3) is 10.0 Å². The van der Waals surface area contributed by atoms with Crippen LogP contribution in [0.1, 0.15) is 24.5 Å². The predicted molar refractivity (Wildman–Crippen MR) is 103 cm³/mol. The van der Waals surface area contributed by atoms with Gasteiger partial charge in [0.15, 0.2) is 0 Å². The van der Waals surface area contributed by atoms with Gasteiger partial charge in [-0.15, -0.1) is 0 Å². The molecule has 0 aromatic heterocycles. The molecule has 1 fully saturated rings. The lowest BCUT2D eigenvalue weighted by atomic mass is 10.00. The van der Waals surface area contributed by atoms with Crippen LogP contribution in [0.2, 0.25) is 0 Å². The van der Waals surface area contributed by atoms with E-state index in [2.05, 4.69) is 9.93 Å². The van der Waals surface area contributed by atoms with Crippen LogP contribution in [0.4, 0.5) is 0 Å². The molecule has 28 heavy (non-hydrogen) atoms. The largest absolute Gasteiger partial charge is 0.474 e. The van der Waals surface area contributed by atoms with Crippen molar-refractivity contribution in [1.82, 2.24) is 4.83 Å². The Balaban J connectivity index is 1.68. The number of carbonyl (C=O) groups is 1. The lowest BCUT2D eigenvalue weighted by molar-refractivity contribution is -0.154. The number of aryl methyl sites for hydroxylation is 1. The third-order valence-electron chi connectivity index (χ3n) is 4.93. The van der Waals surface area contributed by atoms with Crippen LogP contribution in [-0.4, -0.2) is 32.3 Å². The Labute approximate surface area is 163 Å². The first-order valence-corrected chi connectivity index (χ1v) is 10.5. The van der Waals surface area contributed by atoms with E-state index in [1.165, 1.54) is 12.1 Å². The minimum Gasteiger partial charge on any atom is -0.474 e. The zero-order chi connectivity index (χ0) is 19.9. The summed E-state index contributed by atoms with van der Waals surface area (Å²) in [7, 11) is -3.83. The van der Waals surface area contributed by atoms with Gasteiger partial charge in [-0.05, 0) is 38.1 Å². The fourth-order valence-corrected chi connectivity index (χ4v) is 4.18. The number of hydrazone groups is 1. The number of sulfonamides is 1. The van der Waals surface area contributed by atoms with E-state index in [1.807, 2.05) is 13.0 Å². The van der Waals surface area contributed by atoms with Crippen molar-refractivity contribution in [3.63, 3.8) is 0 Å². The Bertz CT molecular complexity index is 1060. The van der Waals surface area contributed by atoms with Crippen molar-refractivity contribution in [2.45, 2.75) is 30.8 Å². The Morgan fingerprint density at radius 2 is 1.96 bits per heavy atom. The summed E-state index contributed by atoms with van der Waals surface area (Å²) in [4.78, 5) is 14.9. The molecule has 1 aliphatic heterocycles. The molecule has 0 spiro atoms. The molecule has 0 saturated heterocycles. The van der Waals surface area contributed by atoms with E-state index in [4.69, 9.17) is 9.47 Å². The van der Waals surface area contributed by atoms with Crippen molar-refractivity contribution >= 4 is 21.7 Å². The number of para-hydroxylation sites is 1. The topological polar surface area (TPSA) is 94.1 Å². The minimum atomic E-state index is -3.83. The zero-order valence-electron chi connectivity index (χ0n) is 15.5. The van der Waals surface area contributed by atoms with E-state index < -0.39 is 21.6 Å². The molecule has 1 N–H and O–H groups in total. The number of hydrogen-bond donors (Lipinski definition) is 1. The maximum atomic E-state index is 12.6. The number of fused-ring (bicyclic) bond motifs is 2. The van der Waals surface area contributed by atoms with Crippen LogP contribution in [-0.2, 0) is 19.6 Å². The van der Waals surface area contributed by atoms with Crippen molar-refractivity contribution in [1.29, 1.82) is 0 Å². The highest BCUT2D eigenvalue weighted by Crippen LogP contribution is 2.54. The number of benzene rings is 2. The van der Waals surface area contributed by atoms with Gasteiger partial charge in [0.2, 0.25) is 5.60 Å². The molecule has 4 rings (SSSR count). The summed E-state index contributed by atoms with van der Waals surface area (Å²) < 4.78 is 36.3. The van der Waals surface area contributed by atoms with Crippen molar-refractivity contribution < 1.29 is 22.7 Å².